The topological polar surface area (TPSA) is 64.0 Å². The molecule has 14 heteroatoms. The van der Waals surface area contributed by atoms with Crippen molar-refractivity contribution in [2.24, 2.45) is 0 Å². The summed E-state index contributed by atoms with van der Waals surface area (Å²) in [6, 6.07) is 5.46. The minimum atomic E-state index is -4.97. The number of alkyl halides is 6. The third kappa shape index (κ3) is 6.51. The van der Waals surface area contributed by atoms with E-state index in [1.807, 2.05) is 0 Å². The number of fused-ring (bicyclic) bond motifs is 1. The molecule has 1 aromatic heterocycles. The Labute approximate surface area is 201 Å². The highest BCUT2D eigenvalue weighted by molar-refractivity contribution is 6.35. The van der Waals surface area contributed by atoms with Gasteiger partial charge in [0, 0.05) is 5.39 Å². The maximum absolute atomic E-state index is 13.6. The van der Waals surface area contributed by atoms with E-state index in [9.17, 15) is 40.3 Å². The summed E-state index contributed by atoms with van der Waals surface area (Å²) in [6.45, 7) is -0.994. The number of carbonyl (C=O) groups is 1. The molecule has 3 aromatic rings. The molecule has 0 spiro atoms. The van der Waals surface area contributed by atoms with Crippen molar-refractivity contribution < 1.29 is 35.5 Å². The van der Waals surface area contributed by atoms with Crippen LogP contribution >= 0.6 is 23.2 Å². The van der Waals surface area contributed by atoms with Gasteiger partial charge in [-0.2, -0.15) is 31.4 Å². The van der Waals surface area contributed by atoms with Crippen LogP contribution in [0.5, 0.6) is 0 Å². The fourth-order valence-electron chi connectivity index (χ4n) is 3.13. The molecule has 2 aromatic carbocycles. The number of amides is 1. The fraction of sp³-hybridized carbons (Fsp3) is 0.190. The molecule has 3 rings (SSSR count). The summed E-state index contributed by atoms with van der Waals surface area (Å²) in [5.74, 6) is -4.75. The first-order valence-electron chi connectivity index (χ1n) is 9.42. The molecule has 186 valence electrons. The first kappa shape index (κ1) is 26.5. The predicted octanol–water partition coefficient (Wildman–Crippen LogP) is 5.84. The van der Waals surface area contributed by atoms with Crippen molar-refractivity contribution in [1.29, 1.82) is 0 Å². The van der Waals surface area contributed by atoms with Gasteiger partial charge in [-0.25, -0.2) is 9.07 Å². The lowest BCUT2D eigenvalue weighted by Gasteiger charge is -2.18. The third-order valence-electron chi connectivity index (χ3n) is 4.65. The van der Waals surface area contributed by atoms with Gasteiger partial charge in [-0.05, 0) is 35.4 Å². The fourth-order valence-corrected chi connectivity index (χ4v) is 3.63. The maximum atomic E-state index is 13.6. The van der Waals surface area contributed by atoms with Crippen LogP contribution in [0.15, 0.2) is 47.4 Å². The predicted molar refractivity (Wildman–Crippen MR) is 114 cm³/mol. The van der Waals surface area contributed by atoms with Gasteiger partial charge in [-0.15, -0.1) is 0 Å². The van der Waals surface area contributed by atoms with E-state index in [1.165, 1.54) is 18.2 Å². The number of hydrogen-bond acceptors (Lipinski definition) is 3. The molecule has 1 amide bonds. The maximum Gasteiger partial charge on any atom is 0.484 e. The lowest BCUT2D eigenvalue weighted by Crippen LogP contribution is -2.41. The molecule has 0 aliphatic carbocycles. The van der Waals surface area contributed by atoms with Crippen molar-refractivity contribution in [1.82, 2.24) is 15.1 Å². The Morgan fingerprint density at radius 3 is 2.29 bits per heavy atom. The molecule has 0 fully saturated rings. The Morgan fingerprint density at radius 1 is 1.09 bits per heavy atom. The number of hydrogen-bond donors (Lipinski definition) is 1. The zero-order chi connectivity index (χ0) is 26.1. The Kier molecular flexibility index (Phi) is 7.46. The largest absolute Gasteiger partial charge is 0.484 e. The Hall–Kier alpha value is -3.12. The Bertz CT molecular complexity index is 1340. The number of nitrogens with one attached hydrogen (secondary N) is 1. The molecule has 0 radical (unpaired) electrons. The van der Waals surface area contributed by atoms with E-state index in [0.717, 1.165) is 35.8 Å². The zero-order valence-electron chi connectivity index (χ0n) is 17.0. The number of allylic oxidation sites excluding steroid dienone is 1. The lowest BCUT2D eigenvalue weighted by molar-refractivity contribution is -0.170. The van der Waals surface area contributed by atoms with Crippen molar-refractivity contribution in [3.8, 4) is 0 Å². The number of aromatic nitrogens is 2. The smallest absolute Gasteiger partial charge is 0.273 e. The van der Waals surface area contributed by atoms with E-state index in [1.54, 1.807) is 0 Å². The van der Waals surface area contributed by atoms with Crippen molar-refractivity contribution in [3.05, 3.63) is 79.9 Å². The second-order valence-corrected chi connectivity index (χ2v) is 7.99. The highest BCUT2D eigenvalue weighted by Gasteiger charge is 2.39. The second kappa shape index (κ2) is 9.86. The van der Waals surface area contributed by atoms with E-state index in [2.05, 4.69) is 5.10 Å². The van der Waals surface area contributed by atoms with Gasteiger partial charge < -0.3 is 0 Å². The van der Waals surface area contributed by atoms with E-state index < -0.39 is 57.8 Å². The Morgan fingerprint density at radius 2 is 1.71 bits per heavy atom. The summed E-state index contributed by atoms with van der Waals surface area (Å²) in [5, 5.41) is 3.36. The van der Waals surface area contributed by atoms with Crippen molar-refractivity contribution in [2.75, 3.05) is 0 Å². The minimum absolute atomic E-state index is 0.0265. The molecule has 0 saturated carbocycles. The van der Waals surface area contributed by atoms with Gasteiger partial charge in [0.15, 0.2) is 5.82 Å². The van der Waals surface area contributed by atoms with E-state index in [-0.39, 0.29) is 16.3 Å². The van der Waals surface area contributed by atoms with Crippen molar-refractivity contribution in [2.45, 2.75) is 24.9 Å². The molecule has 1 atom stereocenters. The van der Waals surface area contributed by atoms with Gasteiger partial charge in [0.1, 0.15) is 6.54 Å². The quantitative estimate of drug-likeness (QED) is 0.251. The van der Waals surface area contributed by atoms with Crippen LogP contribution in [0, 0.1) is 5.82 Å². The molecule has 0 saturated heterocycles. The number of rotatable bonds is 5. The van der Waals surface area contributed by atoms with Gasteiger partial charge in [-0.1, -0.05) is 41.4 Å². The second-order valence-electron chi connectivity index (χ2n) is 7.18. The summed E-state index contributed by atoms with van der Waals surface area (Å²) in [4.78, 5) is 23.8. The summed E-state index contributed by atoms with van der Waals surface area (Å²) in [5.41, 5.74) is -1.05. The summed E-state index contributed by atoms with van der Waals surface area (Å²) < 4.78 is 91.7. The van der Waals surface area contributed by atoms with Gasteiger partial charge in [0.05, 0.1) is 27.5 Å². The average molecular weight is 542 g/mol. The molecular formula is C21H12Cl2F7N3O2. The van der Waals surface area contributed by atoms with Crippen LogP contribution in [0.2, 0.25) is 10.0 Å². The summed E-state index contributed by atoms with van der Waals surface area (Å²) in [6.07, 6.45) is -6.78. The SMILES string of the molecule is O=C(Cn1ncc2cc(/C=C/C(c3cc(Cl)c(F)c(Cl)c3)C(F)(F)F)ccc2c1=O)NC(F)(F)F. The van der Waals surface area contributed by atoms with E-state index in [0.29, 0.717) is 4.68 Å². The monoisotopic (exact) mass is 541 g/mol. The van der Waals surface area contributed by atoms with Crippen LogP contribution in [-0.2, 0) is 11.3 Å². The van der Waals surface area contributed by atoms with Gasteiger partial charge >= 0.3 is 12.5 Å². The normalized spacial score (nSPS) is 13.4. The van der Waals surface area contributed by atoms with Crippen LogP contribution in [0.3, 0.4) is 0 Å². The van der Waals surface area contributed by atoms with Crippen molar-refractivity contribution >= 4 is 46.0 Å². The number of nitrogens with zero attached hydrogens (tertiary/aromatic N) is 2. The first-order valence-corrected chi connectivity index (χ1v) is 10.2. The third-order valence-corrected chi connectivity index (χ3v) is 5.20. The Balaban J connectivity index is 1.91. The highest BCUT2D eigenvalue weighted by atomic mass is 35.5. The first-order chi connectivity index (χ1) is 16.2. The average Bonchev–Trinajstić information content (AvgIpc) is 2.72. The number of benzene rings is 2. The van der Waals surface area contributed by atoms with Gasteiger partial charge in [0.2, 0.25) is 5.91 Å². The van der Waals surface area contributed by atoms with Crippen LogP contribution in [0.1, 0.15) is 17.0 Å². The van der Waals surface area contributed by atoms with Crippen LogP contribution in [0.25, 0.3) is 16.8 Å². The minimum Gasteiger partial charge on any atom is -0.273 e. The molecule has 5 nitrogen and oxygen atoms in total. The van der Waals surface area contributed by atoms with Crippen molar-refractivity contribution in [3.63, 3.8) is 0 Å². The van der Waals surface area contributed by atoms with Gasteiger partial charge in [0.25, 0.3) is 5.56 Å². The molecule has 0 aliphatic heterocycles. The van der Waals surface area contributed by atoms with Gasteiger partial charge in [-0.3, -0.25) is 14.9 Å². The molecular weight excluding hydrogens is 530 g/mol. The molecule has 35 heavy (non-hydrogen) atoms. The standard InChI is InChI=1S/C21H12Cl2F7N3O2/c22-15-6-11(7-16(23)18(15)24)14(20(25,26)27)4-2-10-1-3-13-12(5-10)8-31-33(19(13)35)9-17(34)32-21(28,29)30/h1-8,14H,9H2,(H,32,34)/b4-2+. The molecule has 1 heterocycles. The van der Waals surface area contributed by atoms with Crippen LogP contribution < -0.4 is 10.9 Å². The van der Waals surface area contributed by atoms with Crippen LogP contribution in [-0.4, -0.2) is 28.2 Å². The van der Waals surface area contributed by atoms with Crippen LogP contribution in [0.4, 0.5) is 30.7 Å². The van der Waals surface area contributed by atoms with E-state index >= 15 is 0 Å². The summed E-state index contributed by atoms with van der Waals surface area (Å²) in [7, 11) is 0. The summed E-state index contributed by atoms with van der Waals surface area (Å²) >= 11 is 11.2. The highest BCUT2D eigenvalue weighted by Crippen LogP contribution is 2.39. The lowest BCUT2D eigenvalue weighted by atomic mass is 9.96. The molecule has 0 aliphatic rings. The molecule has 1 N–H and O–H groups in total. The zero-order valence-corrected chi connectivity index (χ0v) is 18.5. The number of halogens is 9. The molecule has 0 bridgehead atoms. The molecule has 1 unspecified atom stereocenters. The number of carbonyl (C=O) groups excluding carboxylic acids is 1. The van der Waals surface area contributed by atoms with E-state index in [4.69, 9.17) is 23.2 Å².